The Labute approximate surface area is 116 Å². The van der Waals surface area contributed by atoms with Gasteiger partial charge in [0.15, 0.2) is 0 Å². The molecule has 2 aromatic heterocycles. The number of pyridine rings is 2. The topological polar surface area (TPSA) is 58.8 Å². The second kappa shape index (κ2) is 5.37. The third-order valence-electron chi connectivity index (χ3n) is 2.92. The lowest BCUT2D eigenvalue weighted by Gasteiger charge is -2.07. The van der Waals surface area contributed by atoms with E-state index in [1.54, 1.807) is 18.5 Å². The molecule has 96 valence electrons. The van der Waals surface area contributed by atoms with E-state index < -0.39 is 0 Å². The Kier molecular flexibility index (Phi) is 3.25. The zero-order chi connectivity index (χ0) is 13.8. The van der Waals surface area contributed by atoms with Crippen molar-refractivity contribution in [2.45, 2.75) is 6.61 Å². The van der Waals surface area contributed by atoms with Gasteiger partial charge in [-0.3, -0.25) is 4.98 Å². The Balaban J connectivity index is 1.78. The van der Waals surface area contributed by atoms with Gasteiger partial charge in [0.25, 0.3) is 0 Å². The number of ether oxygens (including phenoxy) is 1. The number of nitrogens with zero attached hydrogens (tertiary/aromatic N) is 3. The van der Waals surface area contributed by atoms with Crippen LogP contribution in [-0.4, -0.2) is 9.97 Å². The summed E-state index contributed by atoms with van der Waals surface area (Å²) in [4.78, 5) is 8.22. The molecule has 0 spiro atoms. The Hall–Kier alpha value is -2.93. The fourth-order valence-corrected chi connectivity index (χ4v) is 1.93. The predicted octanol–water partition coefficient (Wildman–Crippen LogP) is 3.08. The van der Waals surface area contributed by atoms with Gasteiger partial charge in [-0.05, 0) is 35.9 Å². The van der Waals surface area contributed by atoms with Crippen molar-refractivity contribution in [3.8, 4) is 11.8 Å². The van der Waals surface area contributed by atoms with Crippen molar-refractivity contribution in [3.63, 3.8) is 0 Å². The molecule has 1 aromatic carbocycles. The van der Waals surface area contributed by atoms with Crippen LogP contribution < -0.4 is 4.74 Å². The van der Waals surface area contributed by atoms with Gasteiger partial charge in [0.1, 0.15) is 24.1 Å². The molecule has 0 amide bonds. The van der Waals surface area contributed by atoms with E-state index in [1.807, 2.05) is 42.5 Å². The number of aromatic nitrogens is 2. The lowest BCUT2D eigenvalue weighted by molar-refractivity contribution is 0.306. The van der Waals surface area contributed by atoms with E-state index in [2.05, 4.69) is 9.97 Å². The summed E-state index contributed by atoms with van der Waals surface area (Å²) in [6.07, 6.45) is 3.37. The smallest absolute Gasteiger partial charge is 0.140 e. The summed E-state index contributed by atoms with van der Waals surface area (Å²) in [6, 6.07) is 15.3. The fourth-order valence-electron chi connectivity index (χ4n) is 1.93. The zero-order valence-corrected chi connectivity index (χ0v) is 10.7. The summed E-state index contributed by atoms with van der Waals surface area (Å²) < 4.78 is 5.72. The largest absolute Gasteiger partial charge is 0.489 e. The van der Waals surface area contributed by atoms with E-state index >= 15 is 0 Å². The van der Waals surface area contributed by atoms with E-state index in [4.69, 9.17) is 10.00 Å². The molecule has 0 fully saturated rings. The van der Waals surface area contributed by atoms with Gasteiger partial charge in [0.2, 0.25) is 0 Å². The third kappa shape index (κ3) is 2.57. The summed E-state index contributed by atoms with van der Waals surface area (Å²) >= 11 is 0. The van der Waals surface area contributed by atoms with Crippen LogP contribution in [0.3, 0.4) is 0 Å². The monoisotopic (exact) mass is 261 g/mol. The van der Waals surface area contributed by atoms with Crippen molar-refractivity contribution in [3.05, 3.63) is 66.1 Å². The third-order valence-corrected chi connectivity index (χ3v) is 2.92. The average Bonchev–Trinajstić information content (AvgIpc) is 2.53. The van der Waals surface area contributed by atoms with Crippen LogP contribution in [0.4, 0.5) is 0 Å². The standard InChI is InChI=1S/C16H11N3O/c17-10-14-8-12(5-7-18-14)11-20-15-4-3-13-2-1-6-19-16(13)9-15/h1-9H,11H2. The first kappa shape index (κ1) is 12.1. The number of benzene rings is 1. The van der Waals surface area contributed by atoms with Crippen molar-refractivity contribution < 1.29 is 4.74 Å². The van der Waals surface area contributed by atoms with Gasteiger partial charge >= 0.3 is 0 Å². The minimum atomic E-state index is 0.395. The van der Waals surface area contributed by atoms with E-state index in [-0.39, 0.29) is 0 Å². The molecule has 0 unspecified atom stereocenters. The van der Waals surface area contributed by atoms with E-state index in [9.17, 15) is 0 Å². The Morgan fingerprint density at radius 3 is 2.90 bits per heavy atom. The molecule has 4 heteroatoms. The lowest BCUT2D eigenvalue weighted by Crippen LogP contribution is -1.97. The van der Waals surface area contributed by atoms with Crippen LogP contribution in [0.2, 0.25) is 0 Å². The fraction of sp³-hybridized carbons (Fsp3) is 0.0625. The van der Waals surface area contributed by atoms with Crippen molar-refractivity contribution in [2.24, 2.45) is 0 Å². The van der Waals surface area contributed by atoms with Gasteiger partial charge in [0, 0.05) is 23.8 Å². The summed E-state index contributed by atoms with van der Waals surface area (Å²) in [5, 5.41) is 9.88. The molecule has 0 radical (unpaired) electrons. The molecule has 2 heterocycles. The summed E-state index contributed by atoms with van der Waals surface area (Å²) in [5.74, 6) is 0.756. The molecular formula is C16H11N3O. The highest BCUT2D eigenvalue weighted by atomic mass is 16.5. The molecule has 0 aliphatic carbocycles. The van der Waals surface area contributed by atoms with E-state index in [0.717, 1.165) is 22.2 Å². The molecule has 0 bridgehead atoms. The Morgan fingerprint density at radius 2 is 2.00 bits per heavy atom. The minimum absolute atomic E-state index is 0.395. The van der Waals surface area contributed by atoms with Gasteiger partial charge in [-0.15, -0.1) is 0 Å². The average molecular weight is 261 g/mol. The molecule has 0 aliphatic heterocycles. The molecule has 20 heavy (non-hydrogen) atoms. The maximum Gasteiger partial charge on any atom is 0.140 e. The first-order chi connectivity index (χ1) is 9.85. The van der Waals surface area contributed by atoms with Crippen molar-refractivity contribution in [1.82, 2.24) is 9.97 Å². The zero-order valence-electron chi connectivity index (χ0n) is 10.7. The van der Waals surface area contributed by atoms with Gasteiger partial charge in [-0.1, -0.05) is 6.07 Å². The van der Waals surface area contributed by atoms with Crippen LogP contribution in [0, 0.1) is 11.3 Å². The minimum Gasteiger partial charge on any atom is -0.489 e. The Morgan fingerprint density at radius 1 is 1.05 bits per heavy atom. The summed E-state index contributed by atoms with van der Waals surface area (Å²) in [7, 11) is 0. The number of hydrogen-bond acceptors (Lipinski definition) is 4. The van der Waals surface area contributed by atoms with Gasteiger partial charge in [-0.25, -0.2) is 4.98 Å². The number of fused-ring (bicyclic) bond motifs is 1. The van der Waals surface area contributed by atoms with Crippen LogP contribution in [0.15, 0.2) is 54.9 Å². The van der Waals surface area contributed by atoms with Gasteiger partial charge in [-0.2, -0.15) is 5.26 Å². The Bertz CT molecular complexity index is 793. The normalized spacial score (nSPS) is 10.2. The predicted molar refractivity (Wildman–Crippen MR) is 75.0 cm³/mol. The van der Waals surface area contributed by atoms with Crippen LogP contribution in [0.1, 0.15) is 11.3 Å². The molecule has 3 aromatic rings. The molecule has 4 nitrogen and oxygen atoms in total. The lowest BCUT2D eigenvalue weighted by atomic mass is 10.2. The van der Waals surface area contributed by atoms with Crippen molar-refractivity contribution in [2.75, 3.05) is 0 Å². The molecule has 0 atom stereocenters. The number of hydrogen-bond donors (Lipinski definition) is 0. The SMILES string of the molecule is N#Cc1cc(COc2ccc3cccnc3c2)ccn1. The summed E-state index contributed by atoms with van der Waals surface area (Å²) in [6.45, 7) is 0.398. The highest BCUT2D eigenvalue weighted by molar-refractivity contribution is 5.79. The van der Waals surface area contributed by atoms with Crippen molar-refractivity contribution >= 4 is 10.9 Å². The van der Waals surface area contributed by atoms with E-state index in [0.29, 0.717) is 12.3 Å². The second-order valence-corrected chi connectivity index (χ2v) is 4.31. The van der Waals surface area contributed by atoms with Crippen LogP contribution in [0.25, 0.3) is 10.9 Å². The van der Waals surface area contributed by atoms with Crippen LogP contribution in [0.5, 0.6) is 5.75 Å². The molecular weight excluding hydrogens is 250 g/mol. The molecule has 0 aliphatic rings. The molecule has 0 saturated carbocycles. The van der Waals surface area contributed by atoms with Gasteiger partial charge in [0.05, 0.1) is 5.52 Å². The number of rotatable bonds is 3. The molecule has 0 N–H and O–H groups in total. The first-order valence-electron chi connectivity index (χ1n) is 6.18. The summed E-state index contributed by atoms with van der Waals surface area (Å²) in [5.41, 5.74) is 2.21. The van der Waals surface area contributed by atoms with Crippen LogP contribution in [-0.2, 0) is 6.61 Å². The van der Waals surface area contributed by atoms with Gasteiger partial charge < -0.3 is 4.74 Å². The van der Waals surface area contributed by atoms with Crippen molar-refractivity contribution in [1.29, 1.82) is 5.26 Å². The highest BCUT2D eigenvalue weighted by Crippen LogP contribution is 2.19. The first-order valence-corrected chi connectivity index (χ1v) is 6.18. The molecule has 0 saturated heterocycles. The highest BCUT2D eigenvalue weighted by Gasteiger charge is 2.00. The maximum absolute atomic E-state index is 8.80. The quantitative estimate of drug-likeness (QED) is 0.727. The number of nitriles is 1. The molecule has 3 rings (SSSR count). The maximum atomic E-state index is 8.80. The van der Waals surface area contributed by atoms with Crippen LogP contribution >= 0.6 is 0 Å². The van der Waals surface area contributed by atoms with E-state index in [1.165, 1.54) is 0 Å². The second-order valence-electron chi connectivity index (χ2n) is 4.31.